The summed E-state index contributed by atoms with van der Waals surface area (Å²) >= 11 is 0. The highest BCUT2D eigenvalue weighted by Gasteiger charge is 2.39. The fourth-order valence-corrected chi connectivity index (χ4v) is 6.11. The summed E-state index contributed by atoms with van der Waals surface area (Å²) in [6.45, 7) is 3.05. The number of ether oxygens (including phenoxy) is 1. The van der Waals surface area contributed by atoms with E-state index in [0.717, 1.165) is 12.0 Å². The summed E-state index contributed by atoms with van der Waals surface area (Å²) in [5, 5.41) is 2.90. The predicted molar refractivity (Wildman–Crippen MR) is 129 cm³/mol. The second-order valence-electron chi connectivity index (χ2n) is 8.90. The molecule has 0 unspecified atom stereocenters. The van der Waals surface area contributed by atoms with Crippen LogP contribution in [0.3, 0.4) is 0 Å². The SMILES string of the molecule is COc1ccc(NC(=O)[C@@H]2CCCN2C(=O)C2CCN(S(=O)(=O)c3ccc(C)cc3)CC2)cc1. The lowest BCUT2D eigenvalue weighted by atomic mass is 9.96. The predicted octanol–water partition coefficient (Wildman–Crippen LogP) is 3.03. The Balaban J connectivity index is 1.36. The lowest BCUT2D eigenvalue weighted by molar-refractivity contribution is -0.141. The third kappa shape index (κ3) is 5.10. The Morgan fingerprint density at radius 1 is 0.941 bits per heavy atom. The molecule has 2 aromatic carbocycles. The van der Waals surface area contributed by atoms with Crippen molar-refractivity contribution in [3.63, 3.8) is 0 Å². The molecule has 0 aliphatic carbocycles. The first-order valence-electron chi connectivity index (χ1n) is 11.6. The molecule has 2 amide bonds. The van der Waals surface area contributed by atoms with Gasteiger partial charge in [-0.1, -0.05) is 17.7 Å². The molecule has 0 saturated carbocycles. The number of likely N-dealkylation sites (tertiary alicyclic amines) is 1. The number of carbonyl (C=O) groups is 2. The minimum atomic E-state index is -3.58. The van der Waals surface area contributed by atoms with Crippen molar-refractivity contribution in [2.75, 3.05) is 32.1 Å². The molecule has 9 heteroatoms. The molecule has 2 saturated heterocycles. The maximum Gasteiger partial charge on any atom is 0.247 e. The first-order valence-corrected chi connectivity index (χ1v) is 13.1. The minimum absolute atomic E-state index is 0.0558. The molecule has 1 N–H and O–H groups in total. The summed E-state index contributed by atoms with van der Waals surface area (Å²) in [5.41, 5.74) is 1.65. The number of hydrogen-bond acceptors (Lipinski definition) is 5. The van der Waals surface area contributed by atoms with Crippen molar-refractivity contribution in [1.82, 2.24) is 9.21 Å². The molecule has 34 heavy (non-hydrogen) atoms. The highest BCUT2D eigenvalue weighted by Crippen LogP contribution is 2.29. The summed E-state index contributed by atoms with van der Waals surface area (Å²) in [5.74, 6) is 0.167. The van der Waals surface area contributed by atoms with Crippen LogP contribution in [0.15, 0.2) is 53.4 Å². The van der Waals surface area contributed by atoms with E-state index in [0.29, 0.717) is 50.3 Å². The number of nitrogens with zero attached hydrogens (tertiary/aromatic N) is 2. The van der Waals surface area contributed by atoms with Crippen LogP contribution in [0, 0.1) is 12.8 Å². The van der Waals surface area contributed by atoms with Gasteiger partial charge in [-0.3, -0.25) is 9.59 Å². The molecule has 2 aliphatic heterocycles. The monoisotopic (exact) mass is 485 g/mol. The molecule has 0 radical (unpaired) electrons. The van der Waals surface area contributed by atoms with Crippen LogP contribution in [-0.4, -0.2) is 62.2 Å². The van der Waals surface area contributed by atoms with E-state index in [1.54, 1.807) is 60.5 Å². The van der Waals surface area contributed by atoms with Gasteiger partial charge in [0.25, 0.3) is 0 Å². The smallest absolute Gasteiger partial charge is 0.247 e. The molecule has 2 aromatic rings. The summed E-state index contributed by atoms with van der Waals surface area (Å²) in [4.78, 5) is 28.1. The van der Waals surface area contributed by atoms with Crippen molar-refractivity contribution >= 4 is 27.5 Å². The van der Waals surface area contributed by atoms with Gasteiger partial charge in [-0.05, 0) is 69.0 Å². The van der Waals surface area contributed by atoms with Crippen LogP contribution in [0.1, 0.15) is 31.2 Å². The third-order valence-electron chi connectivity index (χ3n) is 6.66. The zero-order valence-corrected chi connectivity index (χ0v) is 20.4. The number of rotatable bonds is 6. The fourth-order valence-electron chi connectivity index (χ4n) is 4.64. The number of amides is 2. The first-order chi connectivity index (χ1) is 16.3. The minimum Gasteiger partial charge on any atom is -0.497 e. The maximum absolute atomic E-state index is 13.3. The molecule has 0 spiro atoms. The molecule has 8 nitrogen and oxygen atoms in total. The fraction of sp³-hybridized carbons (Fsp3) is 0.440. The quantitative estimate of drug-likeness (QED) is 0.679. The molecule has 2 aliphatic rings. The molecule has 2 fully saturated rings. The first kappa shape index (κ1) is 24.2. The van der Waals surface area contributed by atoms with E-state index >= 15 is 0 Å². The van der Waals surface area contributed by atoms with Gasteiger partial charge in [-0.2, -0.15) is 4.31 Å². The Bertz CT molecular complexity index is 1120. The Hall–Kier alpha value is -2.91. The van der Waals surface area contributed by atoms with Crippen LogP contribution in [0.4, 0.5) is 5.69 Å². The van der Waals surface area contributed by atoms with Gasteiger partial charge in [0.05, 0.1) is 12.0 Å². The van der Waals surface area contributed by atoms with E-state index in [1.165, 1.54) is 4.31 Å². The van der Waals surface area contributed by atoms with Crippen LogP contribution >= 0.6 is 0 Å². The van der Waals surface area contributed by atoms with E-state index in [2.05, 4.69) is 5.32 Å². The normalized spacial score (nSPS) is 19.7. The van der Waals surface area contributed by atoms with E-state index < -0.39 is 16.1 Å². The number of anilines is 1. The maximum atomic E-state index is 13.3. The van der Waals surface area contributed by atoms with Crippen LogP contribution in [0.5, 0.6) is 5.75 Å². The molecule has 0 aromatic heterocycles. The van der Waals surface area contributed by atoms with Gasteiger partial charge in [0.2, 0.25) is 21.8 Å². The van der Waals surface area contributed by atoms with Crippen molar-refractivity contribution in [3.8, 4) is 5.75 Å². The number of aryl methyl sites for hydroxylation is 1. The van der Waals surface area contributed by atoms with Crippen molar-refractivity contribution < 1.29 is 22.7 Å². The zero-order valence-electron chi connectivity index (χ0n) is 19.6. The van der Waals surface area contributed by atoms with Crippen LogP contribution in [-0.2, 0) is 19.6 Å². The second-order valence-corrected chi connectivity index (χ2v) is 10.8. The summed E-state index contributed by atoms with van der Waals surface area (Å²) < 4.78 is 32.5. The van der Waals surface area contributed by atoms with E-state index in [-0.39, 0.29) is 22.6 Å². The molecule has 2 heterocycles. The zero-order chi connectivity index (χ0) is 24.3. The number of hydrogen-bond donors (Lipinski definition) is 1. The van der Waals surface area contributed by atoms with Gasteiger partial charge in [-0.25, -0.2) is 8.42 Å². The lowest BCUT2D eigenvalue weighted by Gasteiger charge is -2.34. The van der Waals surface area contributed by atoms with Crippen molar-refractivity contribution in [2.45, 2.75) is 43.5 Å². The van der Waals surface area contributed by atoms with Crippen LogP contribution in [0.2, 0.25) is 0 Å². The van der Waals surface area contributed by atoms with E-state index in [4.69, 9.17) is 4.74 Å². The van der Waals surface area contributed by atoms with Gasteiger partial charge in [-0.15, -0.1) is 0 Å². The third-order valence-corrected chi connectivity index (χ3v) is 8.57. The van der Waals surface area contributed by atoms with Gasteiger partial charge in [0.1, 0.15) is 11.8 Å². The highest BCUT2D eigenvalue weighted by molar-refractivity contribution is 7.89. The summed E-state index contributed by atoms with van der Waals surface area (Å²) in [6, 6.07) is 13.4. The molecule has 4 rings (SSSR count). The number of benzene rings is 2. The standard InChI is InChI=1S/C25H31N3O5S/c1-18-5-11-22(12-6-18)34(31,32)27-16-13-19(14-17-27)25(30)28-15-3-4-23(28)24(29)26-20-7-9-21(33-2)10-8-20/h5-12,19,23H,3-4,13-17H2,1-2H3,(H,26,29)/t23-/m0/s1. The average molecular weight is 486 g/mol. The number of sulfonamides is 1. The number of methoxy groups -OCH3 is 1. The van der Waals surface area contributed by atoms with Crippen LogP contribution < -0.4 is 10.1 Å². The highest BCUT2D eigenvalue weighted by atomic mass is 32.2. The second kappa shape index (κ2) is 10.1. The van der Waals surface area contributed by atoms with Crippen molar-refractivity contribution in [2.24, 2.45) is 5.92 Å². The summed E-state index contributed by atoms with van der Waals surface area (Å²) in [6.07, 6.45) is 2.29. The van der Waals surface area contributed by atoms with Crippen molar-refractivity contribution in [3.05, 3.63) is 54.1 Å². The van der Waals surface area contributed by atoms with Gasteiger partial charge in [0.15, 0.2) is 0 Å². The molecule has 182 valence electrons. The molecular formula is C25H31N3O5S. The Kier molecular flexibility index (Phi) is 7.23. The Labute approximate surface area is 200 Å². The van der Waals surface area contributed by atoms with Gasteiger partial charge >= 0.3 is 0 Å². The topological polar surface area (TPSA) is 96.0 Å². The van der Waals surface area contributed by atoms with Crippen LogP contribution in [0.25, 0.3) is 0 Å². The number of piperidine rings is 1. The van der Waals surface area contributed by atoms with E-state index in [1.807, 2.05) is 6.92 Å². The molecule has 0 bridgehead atoms. The number of carbonyl (C=O) groups excluding carboxylic acids is 2. The summed E-state index contributed by atoms with van der Waals surface area (Å²) in [7, 11) is -1.99. The van der Waals surface area contributed by atoms with E-state index in [9.17, 15) is 18.0 Å². The van der Waals surface area contributed by atoms with Gasteiger partial charge in [0, 0.05) is 31.2 Å². The molecular weight excluding hydrogens is 454 g/mol. The Morgan fingerprint density at radius 3 is 2.21 bits per heavy atom. The average Bonchev–Trinajstić information content (AvgIpc) is 3.35. The van der Waals surface area contributed by atoms with Gasteiger partial charge < -0.3 is 15.0 Å². The number of nitrogens with one attached hydrogen (secondary N) is 1. The largest absolute Gasteiger partial charge is 0.497 e. The Morgan fingerprint density at radius 2 is 1.59 bits per heavy atom. The van der Waals surface area contributed by atoms with Crippen molar-refractivity contribution in [1.29, 1.82) is 0 Å². The lowest BCUT2D eigenvalue weighted by Crippen LogP contribution is -2.48. The molecule has 1 atom stereocenters.